The van der Waals surface area contributed by atoms with Gasteiger partial charge in [0, 0.05) is 17.9 Å². The second-order valence-corrected chi connectivity index (χ2v) is 5.25. The molecule has 4 heteroatoms. The average Bonchev–Trinajstić information content (AvgIpc) is 2.88. The van der Waals surface area contributed by atoms with Gasteiger partial charge in [-0.05, 0) is 41.5 Å². The van der Waals surface area contributed by atoms with Gasteiger partial charge in [-0.3, -0.25) is 4.79 Å². The molecule has 110 valence electrons. The number of amides is 1. The topological polar surface area (TPSA) is 32.3 Å². The van der Waals surface area contributed by atoms with E-state index in [-0.39, 0.29) is 11.7 Å². The van der Waals surface area contributed by atoms with Gasteiger partial charge in [0.25, 0.3) is 0 Å². The molecular formula is C18H15FN2O. The molecule has 0 aromatic heterocycles. The molecule has 0 aliphatic carbocycles. The Hall–Kier alpha value is -2.80. The number of nitrogens with one attached hydrogen (secondary N) is 1. The lowest BCUT2D eigenvalue weighted by Gasteiger charge is -2.23. The average molecular weight is 294 g/mol. The van der Waals surface area contributed by atoms with Crippen LogP contribution in [0.25, 0.3) is 0 Å². The number of anilines is 2. The smallest absolute Gasteiger partial charge is 0.228 e. The van der Waals surface area contributed by atoms with Crippen molar-refractivity contribution in [3.8, 4) is 12.3 Å². The fraction of sp³-hybridized carbons (Fsp3) is 0.167. The van der Waals surface area contributed by atoms with Gasteiger partial charge in [-0.25, -0.2) is 4.39 Å². The molecule has 0 saturated carbocycles. The number of carbonyl (C=O) groups excluding carboxylic acids is 1. The van der Waals surface area contributed by atoms with Gasteiger partial charge in [0.15, 0.2) is 0 Å². The lowest BCUT2D eigenvalue weighted by atomic mass is 10.1. The van der Waals surface area contributed by atoms with E-state index < -0.39 is 0 Å². The van der Waals surface area contributed by atoms with Crippen LogP contribution in [0.5, 0.6) is 0 Å². The van der Waals surface area contributed by atoms with Crippen LogP contribution < -0.4 is 10.2 Å². The minimum absolute atomic E-state index is 0.00850. The maximum atomic E-state index is 13.0. The van der Waals surface area contributed by atoms with Crippen molar-refractivity contribution in [3.05, 3.63) is 59.4 Å². The van der Waals surface area contributed by atoms with E-state index in [1.54, 1.807) is 12.1 Å². The van der Waals surface area contributed by atoms with Crippen LogP contribution in [0.3, 0.4) is 0 Å². The van der Waals surface area contributed by atoms with E-state index in [4.69, 9.17) is 6.42 Å². The Labute approximate surface area is 128 Å². The van der Waals surface area contributed by atoms with E-state index in [0.717, 1.165) is 22.5 Å². The maximum absolute atomic E-state index is 13.0. The monoisotopic (exact) mass is 294 g/mol. The summed E-state index contributed by atoms with van der Waals surface area (Å²) in [5.74, 6) is 2.40. The number of nitrogens with zero attached hydrogens (tertiary/aromatic N) is 1. The van der Waals surface area contributed by atoms with Gasteiger partial charge in [-0.1, -0.05) is 18.1 Å². The zero-order valence-corrected chi connectivity index (χ0v) is 12.0. The molecule has 0 spiro atoms. The number of halogens is 1. The standard InChI is InChI=1S/C18H15FN2O/c1-2-9-21(12-13-3-5-15(19)6-4-13)16-7-8-17-14(10-16)11-18(22)20-17/h1,3-8,10H,9,11-12H2,(H,20,22). The van der Waals surface area contributed by atoms with E-state index in [0.29, 0.717) is 19.5 Å². The van der Waals surface area contributed by atoms with Crippen LogP contribution in [0.15, 0.2) is 42.5 Å². The van der Waals surface area contributed by atoms with Crippen LogP contribution in [-0.2, 0) is 17.8 Å². The Morgan fingerprint density at radius 1 is 1.23 bits per heavy atom. The molecule has 0 unspecified atom stereocenters. The third-order valence-electron chi connectivity index (χ3n) is 3.65. The second-order valence-electron chi connectivity index (χ2n) is 5.25. The molecule has 1 amide bonds. The zero-order chi connectivity index (χ0) is 15.5. The molecule has 2 aromatic rings. The van der Waals surface area contributed by atoms with E-state index in [2.05, 4.69) is 11.2 Å². The summed E-state index contributed by atoms with van der Waals surface area (Å²) < 4.78 is 13.0. The predicted octanol–water partition coefficient (Wildman–Crippen LogP) is 2.96. The molecule has 1 aliphatic rings. The SMILES string of the molecule is C#CCN(Cc1ccc(F)cc1)c1ccc2c(c1)CC(=O)N2. The normalized spacial score (nSPS) is 12.5. The second kappa shape index (κ2) is 5.90. The first-order valence-electron chi connectivity index (χ1n) is 7.01. The van der Waals surface area contributed by atoms with E-state index in [1.807, 2.05) is 23.1 Å². The fourth-order valence-electron chi connectivity index (χ4n) is 2.57. The van der Waals surface area contributed by atoms with Crippen LogP contribution in [0.4, 0.5) is 15.8 Å². The van der Waals surface area contributed by atoms with Crippen molar-refractivity contribution in [3.63, 3.8) is 0 Å². The summed E-state index contributed by atoms with van der Waals surface area (Å²) >= 11 is 0. The highest BCUT2D eigenvalue weighted by Crippen LogP contribution is 2.28. The van der Waals surface area contributed by atoms with E-state index >= 15 is 0 Å². The highest BCUT2D eigenvalue weighted by atomic mass is 19.1. The van der Waals surface area contributed by atoms with Gasteiger partial charge in [0.1, 0.15) is 5.82 Å². The van der Waals surface area contributed by atoms with Crippen molar-refractivity contribution >= 4 is 17.3 Å². The first-order valence-corrected chi connectivity index (χ1v) is 7.01. The minimum atomic E-state index is -0.255. The maximum Gasteiger partial charge on any atom is 0.228 e. The Bertz CT molecular complexity index is 747. The molecule has 0 saturated heterocycles. The Balaban J connectivity index is 1.85. The zero-order valence-electron chi connectivity index (χ0n) is 12.0. The van der Waals surface area contributed by atoms with Crippen molar-refractivity contribution in [2.45, 2.75) is 13.0 Å². The number of hydrogen-bond acceptors (Lipinski definition) is 2. The molecule has 0 bridgehead atoms. The molecular weight excluding hydrogens is 279 g/mol. The van der Waals surface area contributed by atoms with E-state index in [1.165, 1.54) is 12.1 Å². The molecule has 1 heterocycles. The van der Waals surface area contributed by atoms with Gasteiger partial charge in [0.2, 0.25) is 5.91 Å². The minimum Gasteiger partial charge on any atom is -0.356 e. The van der Waals surface area contributed by atoms with Crippen LogP contribution in [0, 0.1) is 18.2 Å². The first-order chi connectivity index (χ1) is 10.7. The van der Waals surface area contributed by atoms with Gasteiger partial charge in [-0.2, -0.15) is 0 Å². The molecule has 0 radical (unpaired) electrons. The third kappa shape index (κ3) is 2.94. The summed E-state index contributed by atoms with van der Waals surface area (Å²) in [6.45, 7) is 1.03. The van der Waals surface area contributed by atoms with Crippen molar-refractivity contribution in [2.24, 2.45) is 0 Å². The molecule has 3 rings (SSSR count). The van der Waals surface area contributed by atoms with Gasteiger partial charge < -0.3 is 10.2 Å². The van der Waals surface area contributed by atoms with Crippen LogP contribution in [-0.4, -0.2) is 12.5 Å². The van der Waals surface area contributed by atoms with Crippen molar-refractivity contribution in [2.75, 3.05) is 16.8 Å². The molecule has 22 heavy (non-hydrogen) atoms. The molecule has 0 fully saturated rings. The largest absolute Gasteiger partial charge is 0.356 e. The molecule has 2 aromatic carbocycles. The number of rotatable bonds is 4. The lowest BCUT2D eigenvalue weighted by molar-refractivity contribution is -0.115. The van der Waals surface area contributed by atoms with Crippen molar-refractivity contribution in [1.82, 2.24) is 0 Å². The van der Waals surface area contributed by atoms with Gasteiger partial charge in [-0.15, -0.1) is 6.42 Å². The fourth-order valence-corrected chi connectivity index (χ4v) is 2.57. The van der Waals surface area contributed by atoms with Crippen LogP contribution in [0.2, 0.25) is 0 Å². The number of benzene rings is 2. The first kappa shape index (κ1) is 14.2. The summed E-state index contributed by atoms with van der Waals surface area (Å²) in [5.41, 5.74) is 3.77. The summed E-state index contributed by atoms with van der Waals surface area (Å²) in [6, 6.07) is 12.2. The third-order valence-corrected chi connectivity index (χ3v) is 3.65. The van der Waals surface area contributed by atoms with Gasteiger partial charge in [0.05, 0.1) is 13.0 Å². The summed E-state index contributed by atoms with van der Waals surface area (Å²) in [7, 11) is 0. The Morgan fingerprint density at radius 2 is 2.00 bits per heavy atom. The van der Waals surface area contributed by atoms with Crippen LogP contribution >= 0.6 is 0 Å². The van der Waals surface area contributed by atoms with Crippen molar-refractivity contribution < 1.29 is 9.18 Å². The number of hydrogen-bond donors (Lipinski definition) is 1. The summed E-state index contributed by atoms with van der Waals surface area (Å²) in [6.07, 6.45) is 5.85. The highest BCUT2D eigenvalue weighted by molar-refractivity contribution is 5.99. The van der Waals surface area contributed by atoms with E-state index in [9.17, 15) is 9.18 Å². The Morgan fingerprint density at radius 3 is 2.73 bits per heavy atom. The van der Waals surface area contributed by atoms with Crippen LogP contribution in [0.1, 0.15) is 11.1 Å². The van der Waals surface area contributed by atoms with Gasteiger partial charge >= 0.3 is 0 Å². The Kier molecular flexibility index (Phi) is 3.80. The quantitative estimate of drug-likeness (QED) is 0.879. The molecule has 1 N–H and O–H groups in total. The molecule has 3 nitrogen and oxygen atoms in total. The lowest BCUT2D eigenvalue weighted by Crippen LogP contribution is -2.23. The highest BCUT2D eigenvalue weighted by Gasteiger charge is 2.18. The molecule has 0 atom stereocenters. The number of terminal acetylenes is 1. The van der Waals surface area contributed by atoms with Crippen molar-refractivity contribution in [1.29, 1.82) is 0 Å². The predicted molar refractivity (Wildman–Crippen MR) is 85.1 cm³/mol. The summed E-state index contributed by atoms with van der Waals surface area (Å²) in [5, 5.41) is 2.81. The summed E-state index contributed by atoms with van der Waals surface area (Å²) in [4.78, 5) is 13.5. The number of carbonyl (C=O) groups is 1. The molecule has 1 aliphatic heterocycles. The number of fused-ring (bicyclic) bond motifs is 1.